The summed E-state index contributed by atoms with van der Waals surface area (Å²) in [5, 5.41) is 7.11. The maximum Gasteiger partial charge on any atom is 0.241 e. The molecule has 2 aromatic carbocycles. The summed E-state index contributed by atoms with van der Waals surface area (Å²) in [4.78, 5) is 11.8. The van der Waals surface area contributed by atoms with Crippen LogP contribution in [0.15, 0.2) is 53.6 Å². The summed E-state index contributed by atoms with van der Waals surface area (Å²) in [7, 11) is 3.22. The topological polar surface area (TPSA) is 72.0 Å². The normalized spacial score (nSPS) is 10.4. The number of carbonyl (C=O) groups excluding carboxylic acids is 1. The van der Waals surface area contributed by atoms with Gasteiger partial charge in [-0.15, -0.1) is 0 Å². The lowest BCUT2D eigenvalue weighted by molar-refractivity contribution is -0.120. The van der Waals surface area contributed by atoms with Crippen LogP contribution in [-0.4, -0.2) is 32.9 Å². The van der Waals surface area contributed by atoms with E-state index in [1.807, 2.05) is 48.5 Å². The summed E-state index contributed by atoms with van der Waals surface area (Å²) in [6.07, 6.45) is 1.88. The van der Waals surface area contributed by atoms with Gasteiger partial charge in [-0.2, -0.15) is 5.10 Å². The standard InChI is InChI=1S/C18H21N3O3/c1-23-16-9-7-15(8-10-16)19-12-11-18(22)21-20-13-14-5-3-4-6-17(14)24-2/h3-10,13,19H,11-12H2,1-2H3,(H,21,22)/b20-13+. The smallest absolute Gasteiger partial charge is 0.241 e. The average molecular weight is 327 g/mol. The molecule has 0 aliphatic carbocycles. The average Bonchev–Trinajstić information content (AvgIpc) is 2.62. The Hall–Kier alpha value is -3.02. The van der Waals surface area contributed by atoms with E-state index in [0.29, 0.717) is 18.7 Å². The molecule has 0 aliphatic heterocycles. The zero-order valence-electron chi connectivity index (χ0n) is 13.8. The first-order chi connectivity index (χ1) is 11.7. The molecule has 2 N–H and O–H groups in total. The van der Waals surface area contributed by atoms with Crippen LogP contribution in [0.4, 0.5) is 5.69 Å². The summed E-state index contributed by atoms with van der Waals surface area (Å²) in [6, 6.07) is 15.0. The number of carbonyl (C=O) groups is 1. The number of amides is 1. The van der Waals surface area contributed by atoms with Gasteiger partial charge in [0, 0.05) is 24.2 Å². The van der Waals surface area contributed by atoms with E-state index >= 15 is 0 Å². The molecule has 0 saturated heterocycles. The Bertz CT molecular complexity index is 684. The lowest BCUT2D eigenvalue weighted by Crippen LogP contribution is -2.20. The predicted octanol–water partition coefficient (Wildman–Crippen LogP) is 2.66. The van der Waals surface area contributed by atoms with Crippen molar-refractivity contribution in [1.82, 2.24) is 5.43 Å². The van der Waals surface area contributed by atoms with E-state index in [0.717, 1.165) is 17.0 Å². The second kappa shape index (κ2) is 9.19. The number of hydrogen-bond donors (Lipinski definition) is 2. The lowest BCUT2D eigenvalue weighted by atomic mass is 10.2. The minimum atomic E-state index is -0.165. The van der Waals surface area contributed by atoms with Gasteiger partial charge < -0.3 is 14.8 Å². The zero-order chi connectivity index (χ0) is 17.2. The van der Waals surface area contributed by atoms with Gasteiger partial charge in [-0.3, -0.25) is 4.79 Å². The fourth-order valence-corrected chi connectivity index (χ4v) is 2.03. The van der Waals surface area contributed by atoms with Gasteiger partial charge in [-0.05, 0) is 36.4 Å². The van der Waals surface area contributed by atoms with E-state index in [2.05, 4.69) is 15.8 Å². The fourth-order valence-electron chi connectivity index (χ4n) is 2.03. The highest BCUT2D eigenvalue weighted by Crippen LogP contribution is 2.15. The van der Waals surface area contributed by atoms with Crippen molar-refractivity contribution in [2.75, 3.05) is 26.1 Å². The van der Waals surface area contributed by atoms with Gasteiger partial charge >= 0.3 is 0 Å². The lowest BCUT2D eigenvalue weighted by Gasteiger charge is -2.06. The van der Waals surface area contributed by atoms with E-state index in [1.54, 1.807) is 20.4 Å². The molecule has 0 radical (unpaired) electrons. The molecule has 6 heteroatoms. The van der Waals surface area contributed by atoms with Crippen molar-refractivity contribution >= 4 is 17.8 Å². The van der Waals surface area contributed by atoms with Crippen LogP contribution in [0.1, 0.15) is 12.0 Å². The molecule has 0 fully saturated rings. The van der Waals surface area contributed by atoms with Crippen molar-refractivity contribution in [3.05, 3.63) is 54.1 Å². The molecule has 0 unspecified atom stereocenters. The van der Waals surface area contributed by atoms with Crippen molar-refractivity contribution in [1.29, 1.82) is 0 Å². The van der Waals surface area contributed by atoms with E-state index in [9.17, 15) is 4.79 Å². The highest BCUT2D eigenvalue weighted by Gasteiger charge is 2.01. The van der Waals surface area contributed by atoms with Crippen LogP contribution < -0.4 is 20.2 Å². The predicted molar refractivity (Wildman–Crippen MR) is 94.8 cm³/mol. The van der Waals surface area contributed by atoms with Crippen molar-refractivity contribution < 1.29 is 14.3 Å². The molecule has 0 atom stereocenters. The van der Waals surface area contributed by atoms with Crippen LogP contribution in [0.25, 0.3) is 0 Å². The second-order valence-corrected chi connectivity index (χ2v) is 4.94. The Morgan fingerprint density at radius 1 is 1.08 bits per heavy atom. The number of hydrogen-bond acceptors (Lipinski definition) is 5. The Labute approximate surface area is 141 Å². The highest BCUT2D eigenvalue weighted by molar-refractivity contribution is 5.85. The molecule has 1 amide bonds. The Morgan fingerprint density at radius 2 is 1.83 bits per heavy atom. The molecule has 0 heterocycles. The molecule has 126 valence electrons. The van der Waals surface area contributed by atoms with Gasteiger partial charge in [0.25, 0.3) is 0 Å². The van der Waals surface area contributed by atoms with Crippen molar-refractivity contribution in [2.45, 2.75) is 6.42 Å². The monoisotopic (exact) mass is 327 g/mol. The second-order valence-electron chi connectivity index (χ2n) is 4.94. The molecular formula is C18H21N3O3. The highest BCUT2D eigenvalue weighted by atomic mass is 16.5. The summed E-state index contributed by atoms with van der Waals surface area (Å²) >= 11 is 0. The van der Waals surface area contributed by atoms with E-state index < -0.39 is 0 Å². The SMILES string of the molecule is COc1ccc(NCCC(=O)N/N=C/c2ccccc2OC)cc1. The number of anilines is 1. The van der Waals surface area contributed by atoms with Crippen molar-refractivity contribution in [2.24, 2.45) is 5.10 Å². The van der Waals surface area contributed by atoms with Crippen LogP contribution in [0.2, 0.25) is 0 Å². The van der Waals surface area contributed by atoms with Crippen LogP contribution in [0.5, 0.6) is 11.5 Å². The van der Waals surface area contributed by atoms with E-state index in [1.165, 1.54) is 0 Å². The fraction of sp³-hybridized carbons (Fsp3) is 0.222. The summed E-state index contributed by atoms with van der Waals surface area (Å²) < 4.78 is 10.3. The largest absolute Gasteiger partial charge is 0.497 e. The quantitative estimate of drug-likeness (QED) is 0.577. The minimum Gasteiger partial charge on any atom is -0.497 e. The number of rotatable bonds is 8. The molecule has 2 aromatic rings. The molecule has 0 saturated carbocycles. The first-order valence-corrected chi connectivity index (χ1v) is 7.56. The van der Waals surface area contributed by atoms with Crippen molar-refractivity contribution in [3.63, 3.8) is 0 Å². The van der Waals surface area contributed by atoms with E-state index in [-0.39, 0.29) is 5.91 Å². The summed E-state index contributed by atoms with van der Waals surface area (Å²) in [6.45, 7) is 0.516. The molecule has 0 bridgehead atoms. The zero-order valence-corrected chi connectivity index (χ0v) is 13.8. The first kappa shape index (κ1) is 17.3. The van der Waals surface area contributed by atoms with Crippen molar-refractivity contribution in [3.8, 4) is 11.5 Å². The number of ether oxygens (including phenoxy) is 2. The maximum atomic E-state index is 11.8. The van der Waals surface area contributed by atoms with Crippen LogP contribution >= 0.6 is 0 Å². The number of methoxy groups -OCH3 is 2. The van der Waals surface area contributed by atoms with Gasteiger partial charge in [0.2, 0.25) is 5.91 Å². The number of nitrogens with zero attached hydrogens (tertiary/aromatic N) is 1. The Balaban J connectivity index is 1.74. The van der Waals surface area contributed by atoms with Gasteiger partial charge in [-0.25, -0.2) is 5.43 Å². The number of para-hydroxylation sites is 1. The first-order valence-electron chi connectivity index (χ1n) is 7.56. The molecule has 2 rings (SSSR count). The summed E-state index contributed by atoms with van der Waals surface area (Å²) in [5.74, 6) is 1.34. The molecule has 24 heavy (non-hydrogen) atoms. The molecular weight excluding hydrogens is 306 g/mol. The van der Waals surface area contributed by atoms with Gasteiger partial charge in [0.15, 0.2) is 0 Å². The molecule has 0 spiro atoms. The van der Waals surface area contributed by atoms with Crippen LogP contribution in [0.3, 0.4) is 0 Å². The van der Waals surface area contributed by atoms with E-state index in [4.69, 9.17) is 9.47 Å². The maximum absolute atomic E-state index is 11.8. The van der Waals surface area contributed by atoms with Gasteiger partial charge in [-0.1, -0.05) is 12.1 Å². The third-order valence-electron chi connectivity index (χ3n) is 3.30. The van der Waals surface area contributed by atoms with Gasteiger partial charge in [0.05, 0.1) is 20.4 Å². The number of nitrogens with one attached hydrogen (secondary N) is 2. The van der Waals surface area contributed by atoms with Crippen LogP contribution in [0, 0.1) is 0 Å². The van der Waals surface area contributed by atoms with Crippen LogP contribution in [-0.2, 0) is 4.79 Å². The number of benzene rings is 2. The Morgan fingerprint density at radius 3 is 2.54 bits per heavy atom. The third kappa shape index (κ3) is 5.31. The number of hydrazone groups is 1. The van der Waals surface area contributed by atoms with Gasteiger partial charge in [0.1, 0.15) is 11.5 Å². The minimum absolute atomic E-state index is 0.165. The molecule has 0 aromatic heterocycles. The molecule has 0 aliphatic rings. The Kier molecular flexibility index (Phi) is 6.64. The molecule has 6 nitrogen and oxygen atoms in total. The summed E-state index contributed by atoms with van der Waals surface area (Å²) in [5.41, 5.74) is 4.24. The third-order valence-corrected chi connectivity index (χ3v) is 3.30.